The fraction of sp³-hybridized carbons (Fsp3) is 0.625. The monoisotopic (exact) mass is 186 g/mol. The lowest BCUT2D eigenvalue weighted by Crippen LogP contribution is -2.38. The minimum atomic E-state index is -0.292. The smallest absolute Gasteiger partial charge is 0.273 e. The van der Waals surface area contributed by atoms with E-state index in [-0.39, 0.29) is 5.54 Å². The first-order valence-electron chi connectivity index (χ1n) is 3.81. The van der Waals surface area contributed by atoms with Gasteiger partial charge in [0, 0.05) is 10.9 Å². The van der Waals surface area contributed by atoms with Crippen molar-refractivity contribution in [1.82, 2.24) is 4.98 Å². The van der Waals surface area contributed by atoms with Gasteiger partial charge in [0.25, 0.3) is 5.19 Å². The highest BCUT2D eigenvalue weighted by Gasteiger charge is 2.12. The van der Waals surface area contributed by atoms with Crippen molar-refractivity contribution in [2.45, 2.75) is 26.3 Å². The minimum absolute atomic E-state index is 0.292. The quantitative estimate of drug-likeness (QED) is 0.779. The fourth-order valence-corrected chi connectivity index (χ4v) is 1.29. The van der Waals surface area contributed by atoms with Gasteiger partial charge in [0.2, 0.25) is 0 Å². The Kier molecular flexibility index (Phi) is 2.69. The first kappa shape index (κ1) is 9.48. The molecule has 1 aromatic heterocycles. The molecule has 1 heterocycles. The van der Waals surface area contributed by atoms with E-state index in [1.54, 1.807) is 0 Å². The molecular formula is C8H14N2OS. The number of aromatic nitrogens is 1. The van der Waals surface area contributed by atoms with Crippen LogP contribution in [-0.2, 0) is 0 Å². The van der Waals surface area contributed by atoms with Crippen molar-refractivity contribution in [3.8, 4) is 5.19 Å². The number of thiazole rings is 1. The molecule has 0 atom stereocenters. The van der Waals surface area contributed by atoms with E-state index in [4.69, 9.17) is 10.5 Å². The van der Waals surface area contributed by atoms with Crippen LogP contribution in [0, 0.1) is 6.92 Å². The summed E-state index contributed by atoms with van der Waals surface area (Å²) in [5.74, 6) is 0. The maximum absolute atomic E-state index is 5.74. The summed E-state index contributed by atoms with van der Waals surface area (Å²) in [6.45, 7) is 6.29. The van der Waals surface area contributed by atoms with Gasteiger partial charge in [0.05, 0.1) is 5.69 Å². The predicted molar refractivity (Wildman–Crippen MR) is 50.6 cm³/mol. The molecule has 0 radical (unpaired) electrons. The van der Waals surface area contributed by atoms with Crippen LogP contribution in [-0.4, -0.2) is 17.1 Å². The van der Waals surface area contributed by atoms with Gasteiger partial charge in [-0.1, -0.05) is 11.3 Å². The summed E-state index contributed by atoms with van der Waals surface area (Å²) >= 11 is 1.50. The summed E-state index contributed by atoms with van der Waals surface area (Å²) in [5.41, 5.74) is 6.44. The number of nitrogens with zero attached hydrogens (tertiary/aromatic N) is 1. The topological polar surface area (TPSA) is 48.1 Å². The van der Waals surface area contributed by atoms with E-state index in [2.05, 4.69) is 4.98 Å². The van der Waals surface area contributed by atoms with Gasteiger partial charge in [-0.2, -0.15) is 0 Å². The summed E-state index contributed by atoms with van der Waals surface area (Å²) in [6.07, 6.45) is 0. The van der Waals surface area contributed by atoms with E-state index in [1.165, 1.54) is 11.3 Å². The third-order valence-corrected chi connectivity index (χ3v) is 2.04. The summed E-state index contributed by atoms with van der Waals surface area (Å²) < 4.78 is 5.37. The highest BCUT2D eigenvalue weighted by Crippen LogP contribution is 2.17. The summed E-state index contributed by atoms with van der Waals surface area (Å²) in [5, 5.41) is 2.66. The van der Waals surface area contributed by atoms with Crippen LogP contribution in [0.4, 0.5) is 0 Å². The molecule has 0 fully saturated rings. The van der Waals surface area contributed by atoms with Crippen LogP contribution in [0.3, 0.4) is 0 Å². The molecule has 68 valence electrons. The number of hydrogen-bond acceptors (Lipinski definition) is 4. The van der Waals surface area contributed by atoms with E-state index in [0.29, 0.717) is 11.8 Å². The number of hydrogen-bond donors (Lipinski definition) is 1. The lowest BCUT2D eigenvalue weighted by molar-refractivity contribution is 0.242. The number of rotatable bonds is 3. The standard InChI is InChI=1S/C8H14N2OS/c1-6-4-12-7(10-6)11-5-8(2,3)9/h4H,5,9H2,1-3H3. The van der Waals surface area contributed by atoms with Crippen molar-refractivity contribution >= 4 is 11.3 Å². The Morgan fingerprint density at radius 2 is 2.33 bits per heavy atom. The summed E-state index contributed by atoms with van der Waals surface area (Å²) in [6, 6.07) is 0. The van der Waals surface area contributed by atoms with E-state index < -0.39 is 0 Å². The first-order chi connectivity index (χ1) is 5.47. The predicted octanol–water partition coefficient (Wildman–Crippen LogP) is 1.57. The lowest BCUT2D eigenvalue weighted by atomic mass is 10.1. The molecule has 12 heavy (non-hydrogen) atoms. The Bertz CT molecular complexity index is 252. The van der Waals surface area contributed by atoms with Gasteiger partial charge in [-0.25, -0.2) is 4.98 Å². The summed E-state index contributed by atoms with van der Waals surface area (Å²) in [7, 11) is 0. The van der Waals surface area contributed by atoms with Crippen LogP contribution in [0.2, 0.25) is 0 Å². The second-order valence-corrected chi connectivity index (χ2v) is 4.35. The van der Waals surface area contributed by atoms with Crippen molar-refractivity contribution in [1.29, 1.82) is 0 Å². The molecule has 1 aromatic rings. The fourth-order valence-electron chi connectivity index (χ4n) is 0.646. The molecule has 3 nitrogen and oxygen atoms in total. The molecule has 0 aromatic carbocycles. The molecule has 0 bridgehead atoms. The molecule has 0 amide bonds. The van der Waals surface area contributed by atoms with Crippen molar-refractivity contribution < 1.29 is 4.74 Å². The lowest BCUT2D eigenvalue weighted by Gasteiger charge is -2.17. The van der Waals surface area contributed by atoms with Gasteiger partial charge in [-0.05, 0) is 20.8 Å². The molecule has 0 aliphatic rings. The zero-order chi connectivity index (χ0) is 9.19. The molecule has 0 aliphatic carbocycles. The molecule has 0 saturated heterocycles. The maximum atomic E-state index is 5.74. The Hall–Kier alpha value is -0.610. The van der Waals surface area contributed by atoms with E-state index >= 15 is 0 Å². The third kappa shape index (κ3) is 3.19. The van der Waals surface area contributed by atoms with Crippen LogP contribution in [0.5, 0.6) is 5.19 Å². The van der Waals surface area contributed by atoms with Crippen LogP contribution >= 0.6 is 11.3 Å². The van der Waals surface area contributed by atoms with Crippen LogP contribution in [0.15, 0.2) is 5.38 Å². The molecule has 1 rings (SSSR count). The highest BCUT2D eigenvalue weighted by molar-refractivity contribution is 7.11. The van der Waals surface area contributed by atoms with E-state index in [0.717, 1.165) is 5.69 Å². The SMILES string of the molecule is Cc1csc(OCC(C)(C)N)n1. The van der Waals surface area contributed by atoms with Gasteiger partial charge in [-0.3, -0.25) is 0 Å². The first-order valence-corrected chi connectivity index (χ1v) is 4.69. The molecule has 0 unspecified atom stereocenters. The number of nitrogens with two attached hydrogens (primary N) is 1. The highest BCUT2D eigenvalue weighted by atomic mass is 32.1. The van der Waals surface area contributed by atoms with Gasteiger partial charge in [-0.15, -0.1) is 0 Å². The minimum Gasteiger partial charge on any atom is -0.468 e. The van der Waals surface area contributed by atoms with Crippen molar-refractivity contribution in [3.63, 3.8) is 0 Å². The Labute approximate surface area is 76.6 Å². The molecule has 2 N–H and O–H groups in total. The van der Waals surface area contributed by atoms with Gasteiger partial charge in [0.15, 0.2) is 0 Å². The van der Waals surface area contributed by atoms with Crippen molar-refractivity contribution in [3.05, 3.63) is 11.1 Å². The Balaban J connectivity index is 2.44. The summed E-state index contributed by atoms with van der Waals surface area (Å²) in [4.78, 5) is 4.15. The second-order valence-electron chi connectivity index (χ2n) is 3.53. The third-order valence-electron chi connectivity index (χ3n) is 1.17. The Morgan fingerprint density at radius 3 is 2.75 bits per heavy atom. The molecule has 0 aliphatic heterocycles. The van der Waals surface area contributed by atoms with Crippen molar-refractivity contribution in [2.75, 3.05) is 6.61 Å². The normalized spacial score (nSPS) is 11.7. The number of ether oxygens (including phenoxy) is 1. The molecular weight excluding hydrogens is 172 g/mol. The Morgan fingerprint density at radius 1 is 1.67 bits per heavy atom. The molecule has 0 saturated carbocycles. The van der Waals surface area contributed by atoms with Crippen LogP contribution in [0.25, 0.3) is 0 Å². The average molecular weight is 186 g/mol. The maximum Gasteiger partial charge on any atom is 0.273 e. The van der Waals surface area contributed by atoms with Gasteiger partial charge in [0.1, 0.15) is 6.61 Å². The van der Waals surface area contributed by atoms with Gasteiger partial charge < -0.3 is 10.5 Å². The number of aryl methyl sites for hydroxylation is 1. The van der Waals surface area contributed by atoms with Crippen LogP contribution < -0.4 is 10.5 Å². The molecule has 0 spiro atoms. The zero-order valence-corrected chi connectivity index (χ0v) is 8.44. The van der Waals surface area contributed by atoms with Crippen LogP contribution in [0.1, 0.15) is 19.5 Å². The van der Waals surface area contributed by atoms with E-state index in [1.807, 2.05) is 26.2 Å². The van der Waals surface area contributed by atoms with Crippen molar-refractivity contribution in [2.24, 2.45) is 5.73 Å². The molecule has 4 heteroatoms. The van der Waals surface area contributed by atoms with E-state index in [9.17, 15) is 0 Å². The van der Waals surface area contributed by atoms with Gasteiger partial charge >= 0.3 is 0 Å². The second kappa shape index (κ2) is 3.41. The largest absolute Gasteiger partial charge is 0.468 e. The zero-order valence-electron chi connectivity index (χ0n) is 7.63. The average Bonchev–Trinajstić information content (AvgIpc) is 2.30.